The maximum Gasteiger partial charge on any atom is 0.333 e. The number of nitrogens with zero attached hydrogens (tertiary/aromatic N) is 5. The van der Waals surface area contributed by atoms with Crippen LogP contribution in [0.25, 0.3) is 22.5 Å². The lowest BCUT2D eigenvalue weighted by Gasteiger charge is -2.13. The van der Waals surface area contributed by atoms with E-state index in [2.05, 4.69) is 36.7 Å². The number of aromatic nitrogens is 4. The Bertz CT molecular complexity index is 1300. The van der Waals surface area contributed by atoms with Crippen LogP contribution in [-0.2, 0) is 28.0 Å². The van der Waals surface area contributed by atoms with Crippen LogP contribution >= 0.6 is 11.6 Å². The number of carbonyl (C=O) groups is 2. The molecular formula is C21H20ClFN8O4. The SMILES string of the molecule is COC1=NOC(C(=O)NNC(=O)NCc2ccc(-c3cccc(Cl)c3-c3nnn(C)n3)cc2F)C1. The minimum absolute atomic E-state index is 0.126. The molecule has 0 aliphatic carbocycles. The van der Waals surface area contributed by atoms with Crippen molar-refractivity contribution in [3.63, 3.8) is 0 Å². The Hall–Kier alpha value is -4.26. The van der Waals surface area contributed by atoms with Gasteiger partial charge in [-0.05, 0) is 28.5 Å². The molecule has 1 aliphatic rings. The number of tetrazole rings is 1. The Labute approximate surface area is 203 Å². The Balaban J connectivity index is 1.38. The number of ether oxygens (including phenoxy) is 1. The van der Waals surface area contributed by atoms with Crippen molar-refractivity contribution < 1.29 is 23.6 Å². The van der Waals surface area contributed by atoms with E-state index in [4.69, 9.17) is 21.2 Å². The highest BCUT2D eigenvalue weighted by Crippen LogP contribution is 2.36. The van der Waals surface area contributed by atoms with E-state index >= 15 is 0 Å². The van der Waals surface area contributed by atoms with Gasteiger partial charge in [0.1, 0.15) is 5.82 Å². The summed E-state index contributed by atoms with van der Waals surface area (Å²) in [6.07, 6.45) is -0.770. The first-order chi connectivity index (χ1) is 16.9. The molecule has 0 spiro atoms. The molecular weight excluding hydrogens is 483 g/mol. The number of benzene rings is 2. The molecule has 0 bridgehead atoms. The maximum absolute atomic E-state index is 14.9. The van der Waals surface area contributed by atoms with Gasteiger partial charge in [0.2, 0.25) is 17.8 Å². The van der Waals surface area contributed by atoms with Crippen LogP contribution in [0.2, 0.25) is 5.02 Å². The maximum atomic E-state index is 14.9. The summed E-state index contributed by atoms with van der Waals surface area (Å²) in [4.78, 5) is 30.2. The van der Waals surface area contributed by atoms with E-state index in [1.807, 2.05) is 0 Å². The third-order valence-electron chi connectivity index (χ3n) is 5.02. The first-order valence-electron chi connectivity index (χ1n) is 10.3. The number of nitrogens with one attached hydrogen (secondary N) is 3. The highest BCUT2D eigenvalue weighted by Gasteiger charge is 2.29. The molecule has 3 aromatic rings. The molecule has 1 aliphatic heterocycles. The number of oxime groups is 1. The first-order valence-corrected chi connectivity index (χ1v) is 10.7. The zero-order chi connectivity index (χ0) is 24.9. The molecule has 3 amide bonds. The van der Waals surface area contributed by atoms with Gasteiger partial charge in [0.05, 0.1) is 25.6 Å². The molecule has 35 heavy (non-hydrogen) atoms. The molecule has 4 rings (SSSR count). The molecule has 14 heteroatoms. The average molecular weight is 503 g/mol. The fraction of sp³-hybridized carbons (Fsp3) is 0.238. The summed E-state index contributed by atoms with van der Waals surface area (Å²) >= 11 is 6.37. The number of carbonyl (C=O) groups excluding carboxylic acids is 2. The van der Waals surface area contributed by atoms with E-state index in [1.165, 1.54) is 24.0 Å². The van der Waals surface area contributed by atoms with Gasteiger partial charge in [-0.2, -0.15) is 4.80 Å². The molecule has 1 atom stereocenters. The van der Waals surface area contributed by atoms with E-state index < -0.39 is 23.9 Å². The number of hydrazine groups is 1. The lowest BCUT2D eigenvalue weighted by atomic mass is 9.98. The molecule has 0 saturated carbocycles. The van der Waals surface area contributed by atoms with Gasteiger partial charge in [-0.15, -0.1) is 10.2 Å². The van der Waals surface area contributed by atoms with Gasteiger partial charge >= 0.3 is 6.03 Å². The second-order valence-corrected chi connectivity index (χ2v) is 7.76. The number of halogens is 2. The van der Waals surface area contributed by atoms with Crippen molar-refractivity contribution in [2.24, 2.45) is 12.2 Å². The lowest BCUT2D eigenvalue weighted by molar-refractivity contribution is -0.131. The van der Waals surface area contributed by atoms with Crippen molar-refractivity contribution in [3.05, 3.63) is 52.8 Å². The van der Waals surface area contributed by atoms with Gasteiger partial charge in [-0.1, -0.05) is 41.0 Å². The summed E-state index contributed by atoms with van der Waals surface area (Å²) in [7, 11) is 3.03. The van der Waals surface area contributed by atoms with E-state index in [-0.39, 0.29) is 24.4 Å². The highest BCUT2D eigenvalue weighted by molar-refractivity contribution is 6.34. The second kappa shape index (κ2) is 10.3. The standard InChI is InChI=1S/C21H20ClFN8O4/c1-31-28-19(25-30-31)18-13(4-3-5-14(18)22)11-6-7-12(15(23)8-11)10-24-21(33)27-26-20(32)16-9-17(34-2)29-35-16/h3-8,16H,9-10H2,1-2H3,(H,26,32)(H2,24,27,33). The Morgan fingerprint density at radius 2 is 2.11 bits per heavy atom. The quantitative estimate of drug-likeness (QED) is 0.452. The molecule has 12 nitrogen and oxygen atoms in total. The predicted molar refractivity (Wildman–Crippen MR) is 122 cm³/mol. The van der Waals surface area contributed by atoms with Gasteiger partial charge in [-0.25, -0.2) is 14.6 Å². The molecule has 3 N–H and O–H groups in total. The van der Waals surface area contributed by atoms with Gasteiger partial charge in [0, 0.05) is 17.7 Å². The largest absolute Gasteiger partial charge is 0.482 e. The second-order valence-electron chi connectivity index (χ2n) is 7.36. The number of methoxy groups -OCH3 is 1. The van der Waals surface area contributed by atoms with Crippen LogP contribution in [0, 0.1) is 5.82 Å². The molecule has 0 radical (unpaired) electrons. The van der Waals surface area contributed by atoms with Crippen molar-refractivity contribution in [2.45, 2.75) is 19.1 Å². The lowest BCUT2D eigenvalue weighted by Crippen LogP contribution is -2.50. The minimum Gasteiger partial charge on any atom is -0.482 e. The fourth-order valence-electron chi connectivity index (χ4n) is 3.27. The van der Waals surface area contributed by atoms with Crippen LogP contribution in [0.15, 0.2) is 41.6 Å². The third kappa shape index (κ3) is 5.46. The smallest absolute Gasteiger partial charge is 0.333 e. The van der Waals surface area contributed by atoms with Crippen LogP contribution < -0.4 is 16.2 Å². The van der Waals surface area contributed by atoms with Gasteiger partial charge < -0.3 is 14.9 Å². The summed E-state index contributed by atoms with van der Waals surface area (Å²) in [6, 6.07) is 9.01. The number of rotatable bonds is 5. The van der Waals surface area contributed by atoms with E-state index in [0.29, 0.717) is 27.5 Å². The fourth-order valence-corrected chi connectivity index (χ4v) is 3.53. The van der Waals surface area contributed by atoms with E-state index in [9.17, 15) is 14.0 Å². The number of aryl methyl sites for hydroxylation is 1. The van der Waals surface area contributed by atoms with E-state index in [1.54, 1.807) is 31.3 Å². The summed E-state index contributed by atoms with van der Waals surface area (Å²) in [5.74, 6) is -0.577. The average Bonchev–Trinajstić information content (AvgIpc) is 3.50. The van der Waals surface area contributed by atoms with Crippen LogP contribution in [0.4, 0.5) is 9.18 Å². The van der Waals surface area contributed by atoms with Crippen LogP contribution in [0.1, 0.15) is 12.0 Å². The molecule has 2 aromatic carbocycles. The monoisotopic (exact) mass is 502 g/mol. The Kier molecular flexibility index (Phi) is 7.06. The van der Waals surface area contributed by atoms with Crippen molar-refractivity contribution in [2.75, 3.05) is 7.11 Å². The molecule has 1 aromatic heterocycles. The van der Waals surface area contributed by atoms with Crippen LogP contribution in [0.5, 0.6) is 0 Å². The molecule has 2 heterocycles. The molecule has 182 valence electrons. The van der Waals surface area contributed by atoms with Gasteiger partial charge in [0.25, 0.3) is 5.91 Å². The summed E-state index contributed by atoms with van der Waals surface area (Å²) < 4.78 is 19.7. The summed E-state index contributed by atoms with van der Waals surface area (Å²) in [5.41, 5.74) is 6.30. The van der Waals surface area contributed by atoms with Gasteiger partial charge in [-0.3, -0.25) is 10.2 Å². The number of hydrogen-bond acceptors (Lipinski definition) is 8. The molecule has 0 fully saturated rings. The van der Waals surface area contributed by atoms with Crippen molar-refractivity contribution in [1.29, 1.82) is 0 Å². The van der Waals surface area contributed by atoms with Gasteiger partial charge in [0.15, 0.2) is 0 Å². The highest BCUT2D eigenvalue weighted by atomic mass is 35.5. The molecule has 0 saturated heterocycles. The number of urea groups is 1. The Morgan fingerprint density at radius 3 is 2.80 bits per heavy atom. The molecule has 1 unspecified atom stereocenters. The van der Waals surface area contributed by atoms with Crippen molar-refractivity contribution in [1.82, 2.24) is 36.4 Å². The summed E-state index contributed by atoms with van der Waals surface area (Å²) in [6.45, 7) is -0.126. The first kappa shape index (κ1) is 23.9. The Morgan fingerprint density at radius 1 is 1.29 bits per heavy atom. The minimum atomic E-state index is -0.913. The van der Waals surface area contributed by atoms with Crippen LogP contribution in [-0.4, -0.2) is 51.3 Å². The van der Waals surface area contributed by atoms with Crippen molar-refractivity contribution in [3.8, 4) is 22.5 Å². The predicted octanol–water partition coefficient (Wildman–Crippen LogP) is 1.92. The van der Waals surface area contributed by atoms with Crippen LogP contribution in [0.3, 0.4) is 0 Å². The third-order valence-corrected chi connectivity index (χ3v) is 5.33. The van der Waals surface area contributed by atoms with E-state index in [0.717, 1.165) is 0 Å². The topological polar surface area (TPSA) is 145 Å². The summed E-state index contributed by atoms with van der Waals surface area (Å²) in [5, 5.41) is 18.5. The number of amides is 3. The zero-order valence-corrected chi connectivity index (χ0v) is 19.3. The number of hydrogen-bond donors (Lipinski definition) is 3. The normalized spacial score (nSPS) is 14.6. The van der Waals surface area contributed by atoms with Crippen molar-refractivity contribution >= 4 is 29.4 Å². The zero-order valence-electron chi connectivity index (χ0n) is 18.6.